The van der Waals surface area contributed by atoms with E-state index in [0.717, 1.165) is 36.4 Å². The summed E-state index contributed by atoms with van der Waals surface area (Å²) in [4.78, 5) is 14.1. The van der Waals surface area contributed by atoms with Gasteiger partial charge in [0.2, 0.25) is 5.91 Å². The van der Waals surface area contributed by atoms with Crippen LogP contribution in [0.25, 0.3) is 0 Å². The lowest BCUT2D eigenvalue weighted by Crippen LogP contribution is -2.41. The van der Waals surface area contributed by atoms with E-state index in [4.69, 9.17) is 0 Å². The minimum Gasteiger partial charge on any atom is -0.337 e. The molecule has 1 amide bonds. The molecule has 0 unspecified atom stereocenters. The van der Waals surface area contributed by atoms with Crippen molar-refractivity contribution in [2.24, 2.45) is 5.92 Å². The summed E-state index contributed by atoms with van der Waals surface area (Å²) in [5.41, 5.74) is 2.63. The standard InChI is InChI=1S/C15H19BrN2O.ClH/c16-14-3-1-2-12-6-7-18(10-13(12)14)15(19)9-17-8-11-4-5-11;/h1-3,11,17H,4-10H2;1H. The zero-order chi connectivity index (χ0) is 13.2. The fourth-order valence-corrected chi connectivity index (χ4v) is 3.10. The smallest absolute Gasteiger partial charge is 0.236 e. The van der Waals surface area contributed by atoms with Gasteiger partial charge in [-0.2, -0.15) is 0 Å². The summed E-state index contributed by atoms with van der Waals surface area (Å²) in [6.45, 7) is 3.06. The lowest BCUT2D eigenvalue weighted by Gasteiger charge is -2.29. The molecule has 0 bridgehead atoms. The average Bonchev–Trinajstić information content (AvgIpc) is 3.23. The van der Waals surface area contributed by atoms with Gasteiger partial charge in [-0.25, -0.2) is 0 Å². The highest BCUT2D eigenvalue weighted by atomic mass is 79.9. The number of amides is 1. The Morgan fingerprint density at radius 1 is 1.40 bits per heavy atom. The number of fused-ring (bicyclic) bond motifs is 1. The second-order valence-electron chi connectivity index (χ2n) is 5.52. The van der Waals surface area contributed by atoms with Crippen molar-refractivity contribution in [3.8, 4) is 0 Å². The molecule has 0 radical (unpaired) electrons. The third-order valence-electron chi connectivity index (χ3n) is 3.97. The normalized spacial score (nSPS) is 17.4. The van der Waals surface area contributed by atoms with E-state index in [1.165, 1.54) is 24.0 Å². The lowest BCUT2D eigenvalue weighted by atomic mass is 10.00. The van der Waals surface area contributed by atoms with E-state index in [9.17, 15) is 4.79 Å². The fraction of sp³-hybridized carbons (Fsp3) is 0.533. The molecule has 3 rings (SSSR count). The molecule has 1 saturated carbocycles. The molecule has 3 nitrogen and oxygen atoms in total. The molecule has 1 aromatic carbocycles. The second kappa shape index (κ2) is 6.92. The molecule has 20 heavy (non-hydrogen) atoms. The summed E-state index contributed by atoms with van der Waals surface area (Å²) >= 11 is 3.59. The van der Waals surface area contributed by atoms with Crippen molar-refractivity contribution < 1.29 is 4.79 Å². The molecule has 1 N–H and O–H groups in total. The largest absolute Gasteiger partial charge is 0.337 e. The Kier molecular flexibility index (Phi) is 5.47. The zero-order valence-electron chi connectivity index (χ0n) is 11.4. The summed E-state index contributed by atoms with van der Waals surface area (Å²) in [6.07, 6.45) is 3.61. The zero-order valence-corrected chi connectivity index (χ0v) is 13.8. The van der Waals surface area contributed by atoms with Gasteiger partial charge in [-0.15, -0.1) is 12.4 Å². The van der Waals surface area contributed by atoms with E-state index < -0.39 is 0 Å². The van der Waals surface area contributed by atoms with Crippen molar-refractivity contribution in [2.45, 2.75) is 25.8 Å². The molecule has 5 heteroatoms. The van der Waals surface area contributed by atoms with Gasteiger partial charge in [-0.1, -0.05) is 28.1 Å². The number of halogens is 2. The van der Waals surface area contributed by atoms with E-state index >= 15 is 0 Å². The van der Waals surface area contributed by atoms with Crippen molar-refractivity contribution in [2.75, 3.05) is 19.6 Å². The number of nitrogens with one attached hydrogen (secondary N) is 1. The molecule has 0 atom stereocenters. The second-order valence-corrected chi connectivity index (χ2v) is 6.37. The van der Waals surface area contributed by atoms with Crippen molar-refractivity contribution in [3.63, 3.8) is 0 Å². The minimum absolute atomic E-state index is 0. The highest BCUT2D eigenvalue weighted by Crippen LogP contribution is 2.28. The Morgan fingerprint density at radius 3 is 2.95 bits per heavy atom. The monoisotopic (exact) mass is 358 g/mol. The SMILES string of the molecule is Cl.O=C(CNCC1CC1)N1CCc2cccc(Br)c2C1. The van der Waals surface area contributed by atoms with Gasteiger partial charge >= 0.3 is 0 Å². The van der Waals surface area contributed by atoms with Crippen molar-refractivity contribution >= 4 is 34.2 Å². The maximum atomic E-state index is 12.2. The first kappa shape index (κ1) is 15.8. The number of nitrogens with zero attached hydrogens (tertiary/aromatic N) is 1. The number of rotatable bonds is 4. The van der Waals surface area contributed by atoms with Gasteiger partial charge in [0, 0.05) is 17.6 Å². The molecular formula is C15H20BrClN2O. The maximum Gasteiger partial charge on any atom is 0.236 e. The van der Waals surface area contributed by atoms with Crippen LogP contribution < -0.4 is 5.32 Å². The molecule has 1 aliphatic heterocycles. The van der Waals surface area contributed by atoms with Gasteiger partial charge < -0.3 is 10.2 Å². The van der Waals surface area contributed by atoms with Crippen LogP contribution >= 0.6 is 28.3 Å². The molecule has 0 aromatic heterocycles. The number of hydrogen-bond acceptors (Lipinski definition) is 2. The third-order valence-corrected chi connectivity index (χ3v) is 4.72. The van der Waals surface area contributed by atoms with Gasteiger partial charge in [0.25, 0.3) is 0 Å². The summed E-state index contributed by atoms with van der Waals surface area (Å²) in [5, 5.41) is 3.28. The lowest BCUT2D eigenvalue weighted by molar-refractivity contribution is -0.131. The molecule has 2 aliphatic rings. The molecule has 1 aliphatic carbocycles. The van der Waals surface area contributed by atoms with Gasteiger partial charge in [0.1, 0.15) is 0 Å². The van der Waals surface area contributed by atoms with E-state index in [-0.39, 0.29) is 18.3 Å². The number of carbonyl (C=O) groups is 1. The molecule has 1 heterocycles. The first-order chi connectivity index (χ1) is 9.24. The topological polar surface area (TPSA) is 32.3 Å². The van der Waals surface area contributed by atoms with Crippen LogP contribution in [-0.4, -0.2) is 30.4 Å². The first-order valence-corrected chi connectivity index (χ1v) is 7.78. The molecule has 0 spiro atoms. The number of carbonyl (C=O) groups excluding carboxylic acids is 1. The predicted octanol–water partition coefficient (Wildman–Crippen LogP) is 2.76. The van der Waals surface area contributed by atoms with Crippen LogP contribution in [0.4, 0.5) is 0 Å². The van der Waals surface area contributed by atoms with E-state index in [2.05, 4.69) is 39.4 Å². The van der Waals surface area contributed by atoms with Crippen molar-refractivity contribution in [3.05, 3.63) is 33.8 Å². The summed E-state index contributed by atoms with van der Waals surface area (Å²) < 4.78 is 1.12. The molecule has 0 saturated heterocycles. The number of hydrogen-bond donors (Lipinski definition) is 1. The van der Waals surface area contributed by atoms with E-state index in [1.807, 2.05) is 4.90 Å². The Morgan fingerprint density at radius 2 is 2.20 bits per heavy atom. The Bertz CT molecular complexity index is 491. The van der Waals surface area contributed by atoms with Crippen LogP contribution in [0, 0.1) is 5.92 Å². The van der Waals surface area contributed by atoms with Crippen LogP contribution in [0.5, 0.6) is 0 Å². The van der Waals surface area contributed by atoms with Crippen molar-refractivity contribution in [1.29, 1.82) is 0 Å². The van der Waals surface area contributed by atoms with E-state index in [0.29, 0.717) is 6.54 Å². The first-order valence-electron chi connectivity index (χ1n) is 6.99. The quantitative estimate of drug-likeness (QED) is 0.896. The highest BCUT2D eigenvalue weighted by Gasteiger charge is 2.23. The number of benzene rings is 1. The van der Waals surface area contributed by atoms with Crippen LogP contribution in [0.3, 0.4) is 0 Å². The van der Waals surface area contributed by atoms with Crippen LogP contribution in [-0.2, 0) is 17.8 Å². The van der Waals surface area contributed by atoms with Gasteiger partial charge in [-0.05, 0) is 48.9 Å². The van der Waals surface area contributed by atoms with Crippen molar-refractivity contribution in [1.82, 2.24) is 10.2 Å². The Balaban J connectivity index is 0.00000147. The third kappa shape index (κ3) is 3.74. The molecular weight excluding hydrogens is 340 g/mol. The molecule has 1 fully saturated rings. The van der Waals surface area contributed by atoms with Crippen LogP contribution in [0.1, 0.15) is 24.0 Å². The summed E-state index contributed by atoms with van der Waals surface area (Å²) in [6, 6.07) is 6.28. The van der Waals surface area contributed by atoms with Gasteiger partial charge in [0.05, 0.1) is 6.54 Å². The Labute approximate surface area is 134 Å². The minimum atomic E-state index is 0. The summed E-state index contributed by atoms with van der Waals surface area (Å²) in [7, 11) is 0. The fourth-order valence-electron chi connectivity index (χ4n) is 2.57. The summed E-state index contributed by atoms with van der Waals surface area (Å²) in [5.74, 6) is 1.05. The Hall–Kier alpha value is -0.580. The van der Waals surface area contributed by atoms with Gasteiger partial charge in [-0.3, -0.25) is 4.79 Å². The van der Waals surface area contributed by atoms with Gasteiger partial charge in [0.15, 0.2) is 0 Å². The van der Waals surface area contributed by atoms with E-state index in [1.54, 1.807) is 0 Å². The highest BCUT2D eigenvalue weighted by molar-refractivity contribution is 9.10. The molecule has 110 valence electrons. The average molecular weight is 360 g/mol. The van der Waals surface area contributed by atoms with Crippen LogP contribution in [0.15, 0.2) is 22.7 Å². The van der Waals surface area contributed by atoms with Crippen LogP contribution in [0.2, 0.25) is 0 Å². The molecule has 1 aromatic rings. The predicted molar refractivity (Wildman–Crippen MR) is 86.1 cm³/mol. The maximum absolute atomic E-state index is 12.2.